The Bertz CT molecular complexity index is 647. The molecule has 0 aliphatic rings. The van der Waals surface area contributed by atoms with Crippen LogP contribution in [0.25, 0.3) is 11.4 Å². The van der Waals surface area contributed by atoms with Gasteiger partial charge in [0, 0.05) is 18.4 Å². The predicted molar refractivity (Wildman–Crippen MR) is 91.7 cm³/mol. The summed E-state index contributed by atoms with van der Waals surface area (Å²) in [6, 6.07) is 11.6. The summed E-state index contributed by atoms with van der Waals surface area (Å²) in [5.41, 5.74) is 10.4. The Labute approximate surface area is 172 Å². The van der Waals surface area contributed by atoms with Crippen LogP contribution in [0, 0.1) is 0 Å². The van der Waals surface area contributed by atoms with E-state index in [9.17, 15) is 19.8 Å². The largest absolute Gasteiger partial charge is 2.00 e. The first kappa shape index (κ1) is 24.8. The minimum atomic E-state index is -1.82. The summed E-state index contributed by atoms with van der Waals surface area (Å²) in [5, 5.41) is 20.3. The summed E-state index contributed by atoms with van der Waals surface area (Å²) in [6.45, 7) is 0. The summed E-state index contributed by atoms with van der Waals surface area (Å²) in [4.78, 5) is 28.7. The van der Waals surface area contributed by atoms with Gasteiger partial charge in [-0.15, -0.1) is 0 Å². The molecule has 0 aromatic carbocycles. The second-order valence-corrected chi connectivity index (χ2v) is 5.69. The van der Waals surface area contributed by atoms with Gasteiger partial charge in [-0.25, -0.2) is 0 Å². The molecular weight excluding hydrogens is 531 g/mol. The molecule has 0 atom stereocenters. The van der Waals surface area contributed by atoms with Gasteiger partial charge in [0.05, 0.1) is 17.4 Å². The molecule has 4 N–H and O–H groups in total. The van der Waals surface area contributed by atoms with Crippen LogP contribution in [0.15, 0.2) is 48.8 Å². The van der Waals surface area contributed by atoms with Gasteiger partial charge in [-0.1, -0.05) is 18.6 Å². The Morgan fingerprint density at radius 1 is 0.889 bits per heavy atom. The minimum absolute atomic E-state index is 0. The monoisotopic (exact) mass is 553 g/mol. The maximum Gasteiger partial charge on any atom is 2.00 e. The molecule has 0 amide bonds. The summed E-state index contributed by atoms with van der Waals surface area (Å²) in [7, 11) is 0. The molecule has 8 nitrogen and oxygen atoms in total. The average molecular weight is 553 g/mol. The van der Waals surface area contributed by atoms with E-state index in [1.807, 2.05) is 36.4 Å². The van der Waals surface area contributed by atoms with Crippen LogP contribution in [-0.2, 0) is 30.7 Å². The van der Waals surface area contributed by atoms with Crippen LogP contribution in [0.2, 0.25) is 0 Å². The molecule has 0 bridgehead atoms. The van der Waals surface area contributed by atoms with Gasteiger partial charge in [-0.05, 0) is 49.9 Å². The molecule has 0 saturated carbocycles. The van der Waals surface area contributed by atoms with Gasteiger partial charge in [0.1, 0.15) is 5.66 Å². The second-order valence-electron chi connectivity index (χ2n) is 5.69. The Morgan fingerprint density at radius 3 is 1.78 bits per heavy atom. The number of hydrogen-bond donors (Lipinski definition) is 2. The number of unbranched alkanes of at least 4 members (excludes halogenated alkanes) is 2. The molecule has 2 aromatic heterocycles. The second kappa shape index (κ2) is 13.1. The van der Waals surface area contributed by atoms with E-state index in [0.717, 1.165) is 11.4 Å². The molecule has 2 aromatic rings. The van der Waals surface area contributed by atoms with Gasteiger partial charge in [-0.3, -0.25) is 9.97 Å². The van der Waals surface area contributed by atoms with Crippen molar-refractivity contribution in [3.05, 3.63) is 48.8 Å². The van der Waals surface area contributed by atoms with E-state index in [-0.39, 0.29) is 33.9 Å². The van der Waals surface area contributed by atoms with Crippen molar-refractivity contribution in [2.75, 3.05) is 0 Å². The third-order valence-corrected chi connectivity index (χ3v) is 3.44. The van der Waals surface area contributed by atoms with Crippen molar-refractivity contribution < 1.29 is 40.9 Å². The van der Waals surface area contributed by atoms with E-state index in [0.29, 0.717) is 19.3 Å². The maximum atomic E-state index is 10.3. The molecule has 2 heterocycles. The van der Waals surface area contributed by atoms with Gasteiger partial charge in [-0.2, -0.15) is 0 Å². The maximum absolute atomic E-state index is 10.3. The zero-order chi connectivity index (χ0) is 19.4. The van der Waals surface area contributed by atoms with Gasteiger partial charge in [0.25, 0.3) is 0 Å². The van der Waals surface area contributed by atoms with Crippen molar-refractivity contribution in [3.63, 3.8) is 0 Å². The zero-order valence-electron chi connectivity index (χ0n) is 14.7. The molecule has 0 unspecified atom stereocenters. The molecule has 9 heteroatoms. The van der Waals surface area contributed by atoms with Crippen LogP contribution in [0.5, 0.6) is 0 Å². The number of carbonyl (C=O) groups excluding carboxylic acids is 2. The Balaban J connectivity index is 0.000000485. The SMILES string of the molecule is NC(N)(CCCCCC(=O)[O-])C(=O)[O-].[Pt+2].c1ccc(-c2ccccn2)nc1. The third-order valence-electron chi connectivity index (χ3n) is 3.44. The number of aliphatic carboxylic acids is 2. The van der Waals surface area contributed by atoms with E-state index in [4.69, 9.17) is 11.5 Å². The van der Waals surface area contributed by atoms with E-state index >= 15 is 0 Å². The van der Waals surface area contributed by atoms with Crippen LogP contribution in [0.4, 0.5) is 0 Å². The first-order valence-electron chi connectivity index (χ1n) is 8.14. The van der Waals surface area contributed by atoms with E-state index < -0.39 is 17.6 Å². The molecule has 0 aliphatic heterocycles. The Morgan fingerprint density at radius 2 is 1.41 bits per heavy atom. The number of nitrogens with zero attached hydrogens (tertiary/aromatic N) is 2. The van der Waals surface area contributed by atoms with Crippen molar-refractivity contribution in [2.24, 2.45) is 11.5 Å². The summed E-state index contributed by atoms with van der Waals surface area (Å²) < 4.78 is 0. The number of carboxylic acid groups (broad SMARTS) is 2. The minimum Gasteiger partial charge on any atom is -0.550 e. The number of carbonyl (C=O) groups is 2. The fourth-order valence-corrected chi connectivity index (χ4v) is 1.99. The number of aromatic nitrogens is 2. The average Bonchev–Trinajstić information content (AvgIpc) is 2.63. The number of nitrogens with two attached hydrogens (primary N) is 2. The van der Waals surface area contributed by atoms with Crippen LogP contribution < -0.4 is 21.7 Å². The van der Waals surface area contributed by atoms with Gasteiger partial charge in [0.15, 0.2) is 0 Å². The van der Waals surface area contributed by atoms with Crippen molar-refractivity contribution in [3.8, 4) is 11.4 Å². The molecule has 27 heavy (non-hydrogen) atoms. The van der Waals surface area contributed by atoms with Crippen LogP contribution in [-0.4, -0.2) is 27.6 Å². The van der Waals surface area contributed by atoms with Crippen molar-refractivity contribution in [2.45, 2.75) is 37.8 Å². The molecule has 2 rings (SSSR count). The van der Waals surface area contributed by atoms with E-state index in [1.54, 1.807) is 12.4 Å². The van der Waals surface area contributed by atoms with E-state index in [2.05, 4.69) is 9.97 Å². The number of carboxylic acids is 2. The zero-order valence-corrected chi connectivity index (χ0v) is 16.9. The molecule has 0 spiro atoms. The molecule has 0 saturated heterocycles. The van der Waals surface area contributed by atoms with Crippen molar-refractivity contribution in [1.29, 1.82) is 0 Å². The smallest absolute Gasteiger partial charge is 0.550 e. The Hall–Kier alpha value is -2.15. The number of rotatable bonds is 8. The molecule has 0 aliphatic carbocycles. The topological polar surface area (TPSA) is 158 Å². The van der Waals surface area contributed by atoms with Crippen molar-refractivity contribution >= 4 is 11.9 Å². The number of hydrogen-bond acceptors (Lipinski definition) is 8. The molecule has 0 radical (unpaired) electrons. The van der Waals surface area contributed by atoms with Crippen molar-refractivity contribution in [1.82, 2.24) is 9.97 Å². The fourth-order valence-electron chi connectivity index (χ4n) is 1.99. The summed E-state index contributed by atoms with van der Waals surface area (Å²) in [5.74, 6) is -2.62. The standard InChI is InChI=1S/C10H8N2.C8H16N2O4.Pt/c1-3-7-11-9(5-1)10-6-2-4-8-12-10;9-8(10,7(13)14)5-3-1-2-4-6(11)12;/h1-8H;1-5,9-10H2,(H,11,12)(H,13,14);/q;;+2/p-2. The predicted octanol–water partition coefficient (Wildman–Crippen LogP) is -0.808. The normalized spacial score (nSPS) is 10.1. The molecule has 148 valence electrons. The first-order valence-corrected chi connectivity index (χ1v) is 8.14. The molecule has 0 fully saturated rings. The summed E-state index contributed by atoms with van der Waals surface area (Å²) in [6.07, 6.45) is 5.01. The fraction of sp³-hybridized carbons (Fsp3) is 0.333. The van der Waals surface area contributed by atoms with Gasteiger partial charge < -0.3 is 31.3 Å². The van der Waals surface area contributed by atoms with Gasteiger partial charge in [0.2, 0.25) is 0 Å². The Kier molecular flexibility index (Phi) is 12.0. The third kappa shape index (κ3) is 10.6. The van der Waals surface area contributed by atoms with Crippen LogP contribution in [0.3, 0.4) is 0 Å². The van der Waals surface area contributed by atoms with E-state index in [1.165, 1.54) is 0 Å². The molecular formula is C18H22N4O4Pt. The quantitative estimate of drug-likeness (QED) is 0.318. The van der Waals surface area contributed by atoms with Crippen LogP contribution >= 0.6 is 0 Å². The first-order chi connectivity index (χ1) is 12.3. The van der Waals surface area contributed by atoms with Gasteiger partial charge >= 0.3 is 21.1 Å². The summed E-state index contributed by atoms with van der Waals surface area (Å²) >= 11 is 0. The van der Waals surface area contributed by atoms with Crippen LogP contribution in [0.1, 0.15) is 32.1 Å². The number of pyridine rings is 2.